The number of likely N-dealkylation sites (N-methyl/N-ethyl adjacent to an activating group) is 1. The van der Waals surface area contributed by atoms with Crippen molar-refractivity contribution in [3.8, 4) is 0 Å². The average molecular weight is 294 g/mol. The van der Waals surface area contributed by atoms with Gasteiger partial charge in [0.2, 0.25) is 0 Å². The van der Waals surface area contributed by atoms with Crippen LogP contribution in [0.4, 0.5) is 4.39 Å². The van der Waals surface area contributed by atoms with Crippen molar-refractivity contribution in [2.45, 2.75) is 25.0 Å². The van der Waals surface area contributed by atoms with E-state index in [4.69, 9.17) is 4.74 Å². The Kier molecular flexibility index (Phi) is 4.90. The largest absolute Gasteiger partial charge is 0.363 e. The minimum Gasteiger partial charge on any atom is -0.363 e. The van der Waals surface area contributed by atoms with Gasteiger partial charge in [-0.3, -0.25) is 9.59 Å². The van der Waals surface area contributed by atoms with Gasteiger partial charge in [-0.25, -0.2) is 4.39 Å². The summed E-state index contributed by atoms with van der Waals surface area (Å²) in [6, 6.07) is 5.51. The molecule has 0 aliphatic carbocycles. The number of hydrogen-bond acceptors (Lipinski definition) is 3. The Balaban J connectivity index is 1.82. The molecule has 1 aliphatic heterocycles. The van der Waals surface area contributed by atoms with Crippen molar-refractivity contribution in [3.05, 3.63) is 35.6 Å². The second-order valence-corrected chi connectivity index (χ2v) is 5.28. The first-order chi connectivity index (χ1) is 9.97. The summed E-state index contributed by atoms with van der Waals surface area (Å²) in [6.07, 6.45) is 0.748. The number of rotatable bonds is 4. The van der Waals surface area contributed by atoms with Gasteiger partial charge in [0, 0.05) is 26.2 Å². The third-order valence-electron chi connectivity index (χ3n) is 3.40. The first-order valence-electron chi connectivity index (χ1n) is 6.88. The standard InChI is InChI=1S/C15H19FN2O3/c1-18(2)15(20)13-7-6-12(21-13)9-17-14(19)10-4-3-5-11(16)8-10/h3-5,8,12-13H,6-7,9H2,1-2H3,(H,17,19)/t12-,13+/m0/s1. The molecular weight excluding hydrogens is 275 g/mol. The van der Waals surface area contributed by atoms with E-state index in [1.165, 1.54) is 23.1 Å². The minimum atomic E-state index is -0.448. The van der Waals surface area contributed by atoms with Crippen LogP contribution in [0.15, 0.2) is 24.3 Å². The van der Waals surface area contributed by atoms with Crippen LogP contribution >= 0.6 is 0 Å². The summed E-state index contributed by atoms with van der Waals surface area (Å²) in [5.74, 6) is -0.856. The zero-order chi connectivity index (χ0) is 15.4. The molecule has 5 nitrogen and oxygen atoms in total. The maximum Gasteiger partial charge on any atom is 0.251 e. The number of nitrogens with one attached hydrogen (secondary N) is 1. The smallest absolute Gasteiger partial charge is 0.251 e. The van der Waals surface area contributed by atoms with E-state index in [0.717, 1.165) is 0 Å². The molecule has 1 N–H and O–H groups in total. The number of ether oxygens (including phenoxy) is 1. The van der Waals surface area contributed by atoms with Crippen LogP contribution in [0.5, 0.6) is 0 Å². The van der Waals surface area contributed by atoms with Crippen molar-refractivity contribution < 1.29 is 18.7 Å². The van der Waals surface area contributed by atoms with Gasteiger partial charge in [-0.1, -0.05) is 6.07 Å². The Morgan fingerprint density at radius 2 is 2.14 bits per heavy atom. The summed E-state index contributed by atoms with van der Waals surface area (Å²) < 4.78 is 18.7. The molecule has 0 unspecified atom stereocenters. The molecule has 2 amide bonds. The van der Waals surface area contributed by atoms with E-state index in [1.807, 2.05) is 0 Å². The molecule has 1 saturated heterocycles. The molecule has 1 aromatic rings. The van der Waals surface area contributed by atoms with Crippen LogP contribution in [-0.4, -0.2) is 49.6 Å². The normalized spacial score (nSPS) is 21.1. The third-order valence-corrected chi connectivity index (χ3v) is 3.40. The molecule has 1 aliphatic rings. The van der Waals surface area contributed by atoms with Crippen LogP contribution in [0.1, 0.15) is 23.2 Å². The number of benzene rings is 1. The van der Waals surface area contributed by atoms with Gasteiger partial charge < -0.3 is 15.0 Å². The molecule has 114 valence electrons. The van der Waals surface area contributed by atoms with Crippen LogP contribution in [0.25, 0.3) is 0 Å². The molecule has 0 bridgehead atoms. The Bertz CT molecular complexity index is 533. The predicted molar refractivity (Wildman–Crippen MR) is 75.3 cm³/mol. The lowest BCUT2D eigenvalue weighted by molar-refractivity contribution is -0.140. The number of carbonyl (C=O) groups is 2. The SMILES string of the molecule is CN(C)C(=O)[C@H]1CC[C@@H](CNC(=O)c2cccc(F)c2)O1. The summed E-state index contributed by atoms with van der Waals surface area (Å²) in [7, 11) is 3.37. The van der Waals surface area contributed by atoms with Crippen LogP contribution in [0.3, 0.4) is 0 Å². The second-order valence-electron chi connectivity index (χ2n) is 5.28. The van der Waals surface area contributed by atoms with E-state index in [2.05, 4.69) is 5.32 Å². The highest BCUT2D eigenvalue weighted by Gasteiger charge is 2.31. The van der Waals surface area contributed by atoms with E-state index in [9.17, 15) is 14.0 Å². The maximum absolute atomic E-state index is 13.0. The Labute approximate surface area is 123 Å². The van der Waals surface area contributed by atoms with E-state index >= 15 is 0 Å². The van der Waals surface area contributed by atoms with Crippen molar-refractivity contribution >= 4 is 11.8 Å². The number of hydrogen-bond donors (Lipinski definition) is 1. The highest BCUT2D eigenvalue weighted by atomic mass is 19.1. The van der Waals surface area contributed by atoms with Crippen molar-refractivity contribution in [1.82, 2.24) is 10.2 Å². The minimum absolute atomic E-state index is 0.0612. The van der Waals surface area contributed by atoms with Gasteiger partial charge in [0.05, 0.1) is 6.10 Å². The topological polar surface area (TPSA) is 58.6 Å². The van der Waals surface area contributed by atoms with Crippen LogP contribution in [0, 0.1) is 5.82 Å². The molecule has 2 rings (SSSR count). The highest BCUT2D eigenvalue weighted by molar-refractivity contribution is 5.94. The Morgan fingerprint density at radius 3 is 2.81 bits per heavy atom. The summed E-state index contributed by atoms with van der Waals surface area (Å²) >= 11 is 0. The number of nitrogens with zero attached hydrogens (tertiary/aromatic N) is 1. The molecule has 0 spiro atoms. The molecule has 1 aromatic carbocycles. The fraction of sp³-hybridized carbons (Fsp3) is 0.467. The fourth-order valence-corrected chi connectivity index (χ4v) is 2.26. The van der Waals surface area contributed by atoms with Crippen molar-refractivity contribution in [2.24, 2.45) is 0 Å². The van der Waals surface area contributed by atoms with Crippen molar-refractivity contribution in [3.63, 3.8) is 0 Å². The van der Waals surface area contributed by atoms with Gasteiger partial charge in [-0.15, -0.1) is 0 Å². The molecule has 0 radical (unpaired) electrons. The average Bonchev–Trinajstić information content (AvgIpc) is 2.92. The first-order valence-corrected chi connectivity index (χ1v) is 6.88. The van der Waals surface area contributed by atoms with Crippen molar-refractivity contribution in [2.75, 3.05) is 20.6 Å². The lowest BCUT2D eigenvalue weighted by Gasteiger charge is -2.17. The number of amides is 2. The van der Waals surface area contributed by atoms with Gasteiger partial charge in [-0.2, -0.15) is 0 Å². The molecule has 0 aromatic heterocycles. The van der Waals surface area contributed by atoms with Crippen LogP contribution < -0.4 is 5.32 Å². The highest BCUT2D eigenvalue weighted by Crippen LogP contribution is 2.20. The predicted octanol–water partition coefficient (Wildman–Crippen LogP) is 1.19. The van der Waals surface area contributed by atoms with Gasteiger partial charge >= 0.3 is 0 Å². The summed E-state index contributed by atoms with van der Waals surface area (Å²) in [5.41, 5.74) is 0.272. The quantitative estimate of drug-likeness (QED) is 0.907. The van der Waals surface area contributed by atoms with E-state index in [1.54, 1.807) is 20.2 Å². The molecule has 0 saturated carbocycles. The van der Waals surface area contributed by atoms with Crippen LogP contribution in [0.2, 0.25) is 0 Å². The first kappa shape index (κ1) is 15.4. The molecule has 21 heavy (non-hydrogen) atoms. The van der Waals surface area contributed by atoms with E-state index in [0.29, 0.717) is 19.4 Å². The molecule has 1 fully saturated rings. The Hall–Kier alpha value is -1.95. The monoisotopic (exact) mass is 294 g/mol. The van der Waals surface area contributed by atoms with Gasteiger partial charge in [0.1, 0.15) is 11.9 Å². The summed E-state index contributed by atoms with van der Waals surface area (Å²) in [4.78, 5) is 25.1. The summed E-state index contributed by atoms with van der Waals surface area (Å²) in [6.45, 7) is 0.312. The lowest BCUT2D eigenvalue weighted by Crippen LogP contribution is -2.36. The van der Waals surface area contributed by atoms with Gasteiger partial charge in [0.25, 0.3) is 11.8 Å². The fourth-order valence-electron chi connectivity index (χ4n) is 2.26. The zero-order valence-corrected chi connectivity index (χ0v) is 12.1. The molecule has 1 heterocycles. The molecular formula is C15H19FN2O3. The van der Waals surface area contributed by atoms with Crippen molar-refractivity contribution in [1.29, 1.82) is 0 Å². The van der Waals surface area contributed by atoms with E-state index in [-0.39, 0.29) is 23.5 Å². The second kappa shape index (κ2) is 6.67. The zero-order valence-electron chi connectivity index (χ0n) is 12.1. The summed E-state index contributed by atoms with van der Waals surface area (Å²) in [5, 5.41) is 2.70. The van der Waals surface area contributed by atoms with E-state index < -0.39 is 11.9 Å². The van der Waals surface area contributed by atoms with Crippen LogP contribution in [-0.2, 0) is 9.53 Å². The van der Waals surface area contributed by atoms with Gasteiger partial charge in [-0.05, 0) is 31.0 Å². The number of halogens is 1. The third kappa shape index (κ3) is 4.01. The van der Waals surface area contributed by atoms with Gasteiger partial charge in [0.15, 0.2) is 0 Å². The Morgan fingerprint density at radius 1 is 1.38 bits per heavy atom. The maximum atomic E-state index is 13.0. The lowest BCUT2D eigenvalue weighted by atomic mass is 10.1. The molecule has 6 heteroatoms. The molecule has 2 atom stereocenters. The number of carbonyl (C=O) groups excluding carboxylic acids is 2.